The van der Waals surface area contributed by atoms with Crippen LogP contribution in [-0.2, 0) is 0 Å². The molecule has 0 atom stereocenters. The summed E-state index contributed by atoms with van der Waals surface area (Å²) in [6.07, 6.45) is 5.74. The topological polar surface area (TPSA) is 74.6 Å². The fraction of sp³-hybridized carbons (Fsp3) is 0. The minimum atomic E-state index is -0.985. The Morgan fingerprint density at radius 2 is 1.00 bits per heavy atom. The van der Waals surface area contributed by atoms with Crippen molar-refractivity contribution in [3.05, 3.63) is 108 Å². The van der Waals surface area contributed by atoms with Crippen LogP contribution < -0.4 is 0 Å². The Morgan fingerprint density at radius 3 is 1.28 bits per heavy atom. The van der Waals surface area contributed by atoms with Gasteiger partial charge >= 0.3 is 11.9 Å². The largest absolute Gasteiger partial charge is 0.478 e. The molecule has 0 saturated carbocycles. The Labute approximate surface area is 185 Å². The lowest BCUT2D eigenvalue weighted by Crippen LogP contribution is -1.96. The summed E-state index contributed by atoms with van der Waals surface area (Å²) in [5.41, 5.74) is 7.17. The first-order valence-electron chi connectivity index (χ1n) is 9.85. The van der Waals surface area contributed by atoms with Crippen molar-refractivity contribution in [2.75, 3.05) is 0 Å². The number of terminal acetylenes is 1. The molecule has 0 saturated heterocycles. The molecule has 4 nitrogen and oxygen atoms in total. The Kier molecular flexibility index (Phi) is 5.57. The Morgan fingerprint density at radius 1 is 0.594 bits per heavy atom. The smallest absolute Gasteiger partial charge is 0.335 e. The number of aromatic carboxylic acids is 2. The predicted molar refractivity (Wildman–Crippen MR) is 125 cm³/mol. The first kappa shape index (κ1) is 20.6. The molecule has 3 aromatic rings. The van der Waals surface area contributed by atoms with Gasteiger partial charge < -0.3 is 10.2 Å². The summed E-state index contributed by atoms with van der Waals surface area (Å²) < 4.78 is 0. The van der Waals surface area contributed by atoms with E-state index in [-0.39, 0.29) is 11.1 Å². The van der Waals surface area contributed by atoms with E-state index in [0.717, 1.165) is 22.3 Å². The van der Waals surface area contributed by atoms with Crippen LogP contribution in [0.15, 0.2) is 91.0 Å². The minimum absolute atomic E-state index is 0.205. The molecular formula is C28H18O4. The van der Waals surface area contributed by atoms with E-state index in [2.05, 4.69) is 30.2 Å². The minimum Gasteiger partial charge on any atom is -0.478 e. The number of hydrogen-bond acceptors (Lipinski definition) is 2. The number of carboxylic acid groups (broad SMARTS) is 2. The van der Waals surface area contributed by atoms with Crippen LogP contribution in [0.4, 0.5) is 0 Å². The van der Waals surface area contributed by atoms with Crippen molar-refractivity contribution in [2.45, 2.75) is 0 Å². The van der Waals surface area contributed by atoms with Crippen molar-refractivity contribution in [1.82, 2.24) is 0 Å². The first-order chi connectivity index (χ1) is 15.5. The molecule has 2 N–H and O–H groups in total. The van der Waals surface area contributed by atoms with Gasteiger partial charge in [-0.15, -0.1) is 6.42 Å². The summed E-state index contributed by atoms with van der Waals surface area (Å²) in [7, 11) is 0. The highest BCUT2D eigenvalue weighted by molar-refractivity contribution is 5.90. The zero-order valence-electron chi connectivity index (χ0n) is 16.9. The first-order valence-corrected chi connectivity index (χ1v) is 9.85. The van der Waals surface area contributed by atoms with E-state index in [1.807, 2.05) is 18.2 Å². The predicted octanol–water partition coefficient (Wildman–Crippen LogP) is 6.07. The maximum absolute atomic E-state index is 11.0. The van der Waals surface area contributed by atoms with Crippen LogP contribution in [-0.4, -0.2) is 22.2 Å². The summed E-state index contributed by atoms with van der Waals surface area (Å²) in [5, 5.41) is 18.1. The van der Waals surface area contributed by atoms with E-state index in [9.17, 15) is 9.59 Å². The molecule has 0 radical (unpaired) electrons. The molecule has 0 bridgehead atoms. The van der Waals surface area contributed by atoms with Crippen LogP contribution in [0.5, 0.6) is 0 Å². The van der Waals surface area contributed by atoms with Crippen molar-refractivity contribution in [3.63, 3.8) is 0 Å². The molecule has 4 heteroatoms. The molecule has 154 valence electrons. The van der Waals surface area contributed by atoms with Crippen molar-refractivity contribution in [2.24, 2.45) is 0 Å². The van der Waals surface area contributed by atoms with Crippen LogP contribution in [0.1, 0.15) is 26.3 Å². The van der Waals surface area contributed by atoms with Gasteiger partial charge in [-0.2, -0.15) is 0 Å². The SMILES string of the molecule is C#Cc1c(-c2ccc(C(=O)O)cc2)cccc1-c1ccc(C(=O)O)cc1.c1cc2cc-2c1. The van der Waals surface area contributed by atoms with Gasteiger partial charge in [-0.3, -0.25) is 0 Å². The van der Waals surface area contributed by atoms with E-state index in [1.54, 1.807) is 24.3 Å². The Bertz CT molecular complexity index is 1270. The molecule has 2 aliphatic carbocycles. The van der Waals surface area contributed by atoms with Crippen molar-refractivity contribution in [1.29, 1.82) is 0 Å². The molecule has 2 aliphatic rings. The monoisotopic (exact) mass is 418 g/mol. The van der Waals surface area contributed by atoms with Gasteiger partial charge in [-0.05, 0) is 63.7 Å². The zero-order chi connectivity index (χ0) is 22.7. The number of carbonyl (C=O) groups is 2. The fourth-order valence-electron chi connectivity index (χ4n) is 3.45. The third kappa shape index (κ3) is 4.28. The average Bonchev–Trinajstić information content (AvgIpc) is 3.43. The summed E-state index contributed by atoms with van der Waals surface area (Å²) in [6.45, 7) is 0. The molecule has 0 amide bonds. The molecule has 0 aromatic heterocycles. The van der Waals surface area contributed by atoms with Crippen LogP contribution in [0.2, 0.25) is 0 Å². The maximum atomic E-state index is 11.0. The van der Waals surface area contributed by atoms with Gasteiger partial charge in [-0.25, -0.2) is 9.59 Å². The molecule has 0 fully saturated rings. The number of rotatable bonds is 4. The van der Waals surface area contributed by atoms with Gasteiger partial charge in [0.1, 0.15) is 0 Å². The fourth-order valence-corrected chi connectivity index (χ4v) is 3.45. The second kappa shape index (κ2) is 8.63. The Balaban J connectivity index is 0.000000346. The molecule has 32 heavy (non-hydrogen) atoms. The van der Waals surface area contributed by atoms with Crippen LogP contribution >= 0.6 is 0 Å². The highest BCUT2D eigenvalue weighted by Crippen LogP contribution is 2.33. The summed E-state index contributed by atoms with van der Waals surface area (Å²) >= 11 is 0. The lowest BCUT2D eigenvalue weighted by molar-refractivity contribution is 0.0686. The number of carboxylic acids is 2. The quantitative estimate of drug-likeness (QED) is 0.348. The molecule has 5 rings (SSSR count). The molecule has 0 heterocycles. The summed E-state index contributed by atoms with van der Waals surface area (Å²) in [5.74, 6) is 0.733. The summed E-state index contributed by atoms with van der Waals surface area (Å²) in [4.78, 5) is 22.0. The number of fused-ring (bicyclic) bond motifs is 1. The van der Waals surface area contributed by atoms with Crippen molar-refractivity contribution in [3.8, 4) is 45.7 Å². The molecule has 0 aliphatic heterocycles. The van der Waals surface area contributed by atoms with Crippen LogP contribution in [0, 0.1) is 12.3 Å². The summed E-state index contributed by atoms with van der Waals surface area (Å²) in [6, 6.07) is 27.1. The van der Waals surface area contributed by atoms with Gasteiger partial charge in [0.25, 0.3) is 0 Å². The lowest BCUT2D eigenvalue weighted by Gasteiger charge is -2.12. The van der Waals surface area contributed by atoms with Gasteiger partial charge in [0.05, 0.1) is 11.1 Å². The van der Waals surface area contributed by atoms with Crippen molar-refractivity contribution < 1.29 is 19.8 Å². The van der Waals surface area contributed by atoms with Crippen molar-refractivity contribution >= 4 is 11.9 Å². The molecule has 0 spiro atoms. The molecule has 3 aromatic carbocycles. The molecular weight excluding hydrogens is 400 g/mol. The number of benzene rings is 4. The highest BCUT2D eigenvalue weighted by Gasteiger charge is 2.12. The standard InChI is InChI=1S/C22H14O4.C6H4/c1-2-18-19(14-6-10-16(11-7-14)21(23)24)4-3-5-20(18)15-8-12-17(13-9-15)22(25)26;1-2-5-4-6(5)3-1/h1,3-13H,(H,23,24)(H,25,26);1-4H. The second-order valence-electron chi connectivity index (χ2n) is 7.22. The van der Waals surface area contributed by atoms with Crippen LogP contribution in [0.25, 0.3) is 33.4 Å². The van der Waals surface area contributed by atoms with E-state index in [0.29, 0.717) is 5.56 Å². The van der Waals surface area contributed by atoms with E-state index in [1.165, 1.54) is 35.4 Å². The third-order valence-corrected chi connectivity index (χ3v) is 5.21. The Hall–Kier alpha value is -4.62. The second-order valence-corrected chi connectivity index (χ2v) is 7.22. The lowest BCUT2D eigenvalue weighted by atomic mass is 9.91. The van der Waals surface area contributed by atoms with Gasteiger partial charge in [0, 0.05) is 5.56 Å². The average molecular weight is 418 g/mol. The maximum Gasteiger partial charge on any atom is 0.335 e. The van der Waals surface area contributed by atoms with E-state index >= 15 is 0 Å². The van der Waals surface area contributed by atoms with Gasteiger partial charge in [0.2, 0.25) is 0 Å². The van der Waals surface area contributed by atoms with E-state index in [4.69, 9.17) is 16.6 Å². The third-order valence-electron chi connectivity index (χ3n) is 5.21. The van der Waals surface area contributed by atoms with E-state index < -0.39 is 11.9 Å². The van der Waals surface area contributed by atoms with Crippen LogP contribution in [0.3, 0.4) is 0 Å². The normalized spacial score (nSPS) is 10.3. The van der Waals surface area contributed by atoms with Gasteiger partial charge in [0.15, 0.2) is 0 Å². The zero-order valence-corrected chi connectivity index (χ0v) is 16.9. The number of hydrogen-bond donors (Lipinski definition) is 2. The highest BCUT2D eigenvalue weighted by atomic mass is 16.4. The molecule has 0 unspecified atom stereocenters. The van der Waals surface area contributed by atoms with Gasteiger partial charge in [-0.1, -0.05) is 66.6 Å².